The van der Waals surface area contributed by atoms with Gasteiger partial charge >= 0.3 is 0 Å². The summed E-state index contributed by atoms with van der Waals surface area (Å²) in [4.78, 5) is 0. The molecule has 1 aliphatic carbocycles. The van der Waals surface area contributed by atoms with Crippen LogP contribution in [-0.4, -0.2) is 0 Å². The summed E-state index contributed by atoms with van der Waals surface area (Å²) in [6.45, 7) is 13.6. The van der Waals surface area contributed by atoms with Crippen molar-refractivity contribution < 1.29 is 21.7 Å². The van der Waals surface area contributed by atoms with Gasteiger partial charge in [0.2, 0.25) is 0 Å². The van der Waals surface area contributed by atoms with Crippen LogP contribution in [0.25, 0.3) is 0 Å². The molecule has 1 aliphatic rings. The van der Waals surface area contributed by atoms with Crippen LogP contribution in [0.5, 0.6) is 0 Å². The molecule has 1 rings (SSSR count). The molecule has 3 heteroatoms. The van der Waals surface area contributed by atoms with Crippen molar-refractivity contribution in [2.24, 2.45) is 10.8 Å². The zero-order valence-corrected chi connectivity index (χ0v) is 14.3. The molecule has 0 atom stereocenters. The molecule has 0 amide bonds. The topological polar surface area (TPSA) is 0 Å². The molecule has 0 spiro atoms. The Morgan fingerprint density at radius 2 is 1.38 bits per heavy atom. The zero-order chi connectivity index (χ0) is 10.3. The quantitative estimate of drug-likeness (QED) is 0.437. The number of rotatable bonds is 0. The summed E-state index contributed by atoms with van der Waals surface area (Å²) in [5.74, 6) is 0. The minimum Gasteiger partial charge on any atom is -0.269 e. The summed E-state index contributed by atoms with van der Waals surface area (Å²) in [5, 5.41) is 0. The first-order valence-corrected chi connectivity index (χ1v) is 5.03. The first kappa shape index (κ1) is 22.0. The van der Waals surface area contributed by atoms with Gasteiger partial charge in [-0.05, 0) is 10.8 Å². The molecule has 0 aromatic heterocycles. The molecule has 0 aromatic rings. The van der Waals surface area contributed by atoms with Crippen molar-refractivity contribution >= 4 is 24.8 Å². The monoisotopic (exact) mass is 297 g/mol. The summed E-state index contributed by atoms with van der Waals surface area (Å²) in [5.41, 5.74) is 3.45. The van der Waals surface area contributed by atoms with Gasteiger partial charge in [0.15, 0.2) is 0 Å². The van der Waals surface area contributed by atoms with E-state index in [1.165, 1.54) is 11.1 Å². The average Bonchev–Trinajstić information content (AvgIpc) is 2.28. The predicted octanol–water partition coefficient (Wildman–Crippen LogP) is 4.98. The fraction of sp³-hybridized carbons (Fsp3) is 0.692. The minimum absolute atomic E-state index is 0. The van der Waals surface area contributed by atoms with Gasteiger partial charge in [-0.3, -0.25) is 6.08 Å². The van der Waals surface area contributed by atoms with Gasteiger partial charge in [0, 0.05) is 21.7 Å². The third kappa shape index (κ3) is 5.91. The second-order valence-corrected chi connectivity index (χ2v) is 5.94. The van der Waals surface area contributed by atoms with Crippen molar-refractivity contribution in [1.82, 2.24) is 0 Å². The summed E-state index contributed by atoms with van der Waals surface area (Å²) in [6.07, 6.45) is 6.83. The van der Waals surface area contributed by atoms with Gasteiger partial charge in [-0.2, -0.15) is 5.57 Å². The van der Waals surface area contributed by atoms with Crippen LogP contribution in [0.2, 0.25) is 0 Å². The van der Waals surface area contributed by atoms with E-state index in [4.69, 9.17) is 0 Å². The van der Waals surface area contributed by atoms with Crippen molar-refractivity contribution in [3.63, 3.8) is 0 Å². The molecule has 0 saturated carbocycles. The third-order valence-corrected chi connectivity index (χ3v) is 2.56. The Balaban J connectivity index is -0.000000563. The summed E-state index contributed by atoms with van der Waals surface area (Å²) in [7, 11) is 0. The van der Waals surface area contributed by atoms with Crippen molar-refractivity contribution in [3.8, 4) is 0 Å². The van der Waals surface area contributed by atoms with E-state index in [0.717, 1.165) is 6.42 Å². The summed E-state index contributed by atoms with van der Waals surface area (Å²) in [6, 6.07) is 0. The average molecular weight is 298 g/mol. The molecular weight excluding hydrogens is 275 g/mol. The Morgan fingerprint density at radius 3 is 1.56 bits per heavy atom. The molecule has 94 valence electrons. The minimum atomic E-state index is 0. The Kier molecular flexibility index (Phi) is 9.99. The zero-order valence-electron chi connectivity index (χ0n) is 11.1. The van der Waals surface area contributed by atoms with Crippen LogP contribution in [0.4, 0.5) is 0 Å². The molecule has 0 N–H and O–H groups in total. The van der Waals surface area contributed by atoms with Gasteiger partial charge in [-0.15, -0.1) is 31.2 Å². The van der Waals surface area contributed by atoms with Gasteiger partial charge in [0.05, 0.1) is 0 Å². The van der Waals surface area contributed by atoms with Crippen molar-refractivity contribution in [2.75, 3.05) is 0 Å². The second-order valence-electron chi connectivity index (χ2n) is 5.94. The van der Waals surface area contributed by atoms with Gasteiger partial charge in [0.1, 0.15) is 0 Å². The van der Waals surface area contributed by atoms with Crippen LogP contribution in [0.3, 0.4) is 0 Å². The Hall–Kier alpha value is 0.774. The van der Waals surface area contributed by atoms with Gasteiger partial charge < -0.3 is 0 Å². The smallest absolute Gasteiger partial charge is 0 e. The predicted molar refractivity (Wildman–Crippen MR) is 72.9 cm³/mol. The molecule has 0 nitrogen and oxygen atoms in total. The number of hydrogen-bond donors (Lipinski definition) is 0. The van der Waals surface area contributed by atoms with E-state index in [-0.39, 0.29) is 51.9 Å². The van der Waals surface area contributed by atoms with Crippen LogP contribution in [0, 0.1) is 16.9 Å². The van der Waals surface area contributed by atoms with Gasteiger partial charge in [0.25, 0.3) is 0 Å². The van der Waals surface area contributed by atoms with Crippen LogP contribution in [0.1, 0.15) is 48.0 Å². The maximum Gasteiger partial charge on any atom is 0 e. The third-order valence-electron chi connectivity index (χ3n) is 2.56. The normalized spacial score (nSPS) is 15.1. The Morgan fingerprint density at radius 1 is 0.938 bits per heavy atom. The Labute approximate surface area is 128 Å². The number of hydrogen-bond acceptors (Lipinski definition) is 0. The van der Waals surface area contributed by atoms with Crippen molar-refractivity contribution in [1.29, 1.82) is 0 Å². The van der Waals surface area contributed by atoms with Crippen molar-refractivity contribution in [3.05, 3.63) is 23.3 Å². The molecule has 0 unspecified atom stereocenters. The fourth-order valence-electron chi connectivity index (χ4n) is 1.43. The van der Waals surface area contributed by atoms with Gasteiger partial charge in [-0.1, -0.05) is 41.5 Å². The van der Waals surface area contributed by atoms with Crippen molar-refractivity contribution in [2.45, 2.75) is 48.0 Å². The summed E-state index contributed by atoms with van der Waals surface area (Å²) >= 11 is 0. The van der Waals surface area contributed by atoms with E-state index >= 15 is 0 Å². The van der Waals surface area contributed by atoms with E-state index in [9.17, 15) is 0 Å². The molecule has 0 saturated heterocycles. The molecule has 0 heterocycles. The SMILES string of the molecule is CC(C)(C)C1=[C-]CC(C(C)(C)C)=C1.Cl.Cl.[Ti]. The standard InChI is InChI=1S/C13H21.2ClH.Ti/c1-12(2,3)10-7-8-11(9-10)13(4,5)6;;;/h9H,7H2,1-6H3;2*1H;/q-1;;;. The van der Waals surface area contributed by atoms with E-state index in [1.807, 2.05) is 0 Å². The van der Waals surface area contributed by atoms with Crippen LogP contribution < -0.4 is 0 Å². The van der Waals surface area contributed by atoms with E-state index in [1.54, 1.807) is 0 Å². The van der Waals surface area contributed by atoms with Crippen LogP contribution >= 0.6 is 24.8 Å². The fourth-order valence-corrected chi connectivity index (χ4v) is 1.43. The maximum atomic E-state index is 3.48. The molecule has 0 bridgehead atoms. The Bertz CT molecular complexity index is 265. The van der Waals surface area contributed by atoms with Crippen LogP contribution in [0.15, 0.2) is 17.2 Å². The van der Waals surface area contributed by atoms with Crippen LogP contribution in [-0.2, 0) is 21.7 Å². The molecule has 16 heavy (non-hydrogen) atoms. The van der Waals surface area contributed by atoms with Gasteiger partial charge in [-0.25, -0.2) is 11.6 Å². The maximum absolute atomic E-state index is 3.48. The first-order chi connectivity index (χ1) is 5.71. The molecule has 0 aromatic carbocycles. The first-order valence-electron chi connectivity index (χ1n) is 5.03. The largest absolute Gasteiger partial charge is 0.269 e. The van der Waals surface area contributed by atoms with E-state index < -0.39 is 0 Å². The summed E-state index contributed by atoms with van der Waals surface area (Å²) < 4.78 is 0. The molecular formula is C13H23Cl2Ti-. The number of allylic oxidation sites excluding steroid dienone is 4. The molecule has 0 aliphatic heterocycles. The number of halogens is 2. The van der Waals surface area contributed by atoms with E-state index in [0.29, 0.717) is 5.41 Å². The van der Waals surface area contributed by atoms with E-state index in [2.05, 4.69) is 53.7 Å². The second kappa shape index (κ2) is 7.26. The molecule has 0 fully saturated rings. The molecule has 0 radical (unpaired) electrons.